The first-order valence-electron chi connectivity index (χ1n) is 10.8. The molecule has 2 aromatic carbocycles. The maximum atomic E-state index is 12.9. The first-order valence-corrected chi connectivity index (χ1v) is 10.8. The normalized spacial score (nSPS) is 10.9. The van der Waals surface area contributed by atoms with Gasteiger partial charge in [-0.25, -0.2) is 4.68 Å². The van der Waals surface area contributed by atoms with Crippen molar-refractivity contribution in [2.45, 2.75) is 33.6 Å². The molecule has 0 aliphatic rings. The average molecular weight is 452 g/mol. The number of nitrogens with one attached hydrogen (secondary N) is 2. The Hall–Kier alpha value is -3.69. The Bertz CT molecular complexity index is 1090. The van der Waals surface area contributed by atoms with Crippen molar-refractivity contribution < 1.29 is 19.1 Å². The first kappa shape index (κ1) is 24.0. The summed E-state index contributed by atoms with van der Waals surface area (Å²) in [5.41, 5.74) is 8.80. The molecular formula is C24H29N5O4. The lowest BCUT2D eigenvalue weighted by molar-refractivity contribution is -0.144. The fraction of sp³-hybridized carbons (Fsp3) is 0.292. The number of anilines is 3. The van der Waals surface area contributed by atoms with Crippen LogP contribution in [0.3, 0.4) is 0 Å². The Morgan fingerprint density at radius 3 is 2.39 bits per heavy atom. The number of carbonyl (C=O) groups excluding carboxylic acids is 2. The zero-order valence-corrected chi connectivity index (χ0v) is 19.0. The standard InChI is InChI=1S/C24H29N5O4/c1-4-32-21(33-5-2)15-29-22(25)19(14-26-29)24(31)28-20-13-17(12-11-16(20)3)23(30)27-18-9-7-6-8-10-18/h6-14,21H,4-5,15,25H2,1-3H3,(H,27,30)(H,28,31). The minimum atomic E-state index is -0.514. The molecule has 4 N–H and O–H groups in total. The van der Waals surface area contributed by atoms with Crippen molar-refractivity contribution in [1.82, 2.24) is 9.78 Å². The van der Waals surface area contributed by atoms with Crippen molar-refractivity contribution in [3.63, 3.8) is 0 Å². The van der Waals surface area contributed by atoms with Crippen molar-refractivity contribution in [3.8, 4) is 0 Å². The van der Waals surface area contributed by atoms with Gasteiger partial charge in [0.1, 0.15) is 11.4 Å². The van der Waals surface area contributed by atoms with Crippen LogP contribution in [-0.4, -0.2) is 41.1 Å². The molecule has 0 atom stereocenters. The van der Waals surface area contributed by atoms with E-state index in [9.17, 15) is 9.59 Å². The number of rotatable bonds is 10. The molecule has 3 rings (SSSR count). The number of para-hydroxylation sites is 1. The number of hydrogen-bond acceptors (Lipinski definition) is 6. The van der Waals surface area contributed by atoms with Gasteiger partial charge in [0.2, 0.25) is 0 Å². The molecule has 0 radical (unpaired) electrons. The number of ether oxygens (including phenoxy) is 2. The molecule has 0 unspecified atom stereocenters. The molecule has 0 aliphatic carbocycles. The molecule has 3 aromatic rings. The van der Waals surface area contributed by atoms with Gasteiger partial charge in [0.05, 0.1) is 12.7 Å². The maximum Gasteiger partial charge on any atom is 0.261 e. The molecule has 9 heteroatoms. The molecule has 9 nitrogen and oxygen atoms in total. The molecule has 0 bridgehead atoms. The number of nitrogens with two attached hydrogens (primary N) is 1. The summed E-state index contributed by atoms with van der Waals surface area (Å²) in [7, 11) is 0. The van der Waals surface area contributed by atoms with Crippen LogP contribution in [0.1, 0.15) is 40.1 Å². The van der Waals surface area contributed by atoms with E-state index >= 15 is 0 Å². The summed E-state index contributed by atoms with van der Waals surface area (Å²) in [5, 5.41) is 9.87. The second kappa shape index (κ2) is 11.3. The number of hydrogen-bond donors (Lipinski definition) is 3. The van der Waals surface area contributed by atoms with Crippen LogP contribution in [-0.2, 0) is 16.0 Å². The van der Waals surface area contributed by atoms with Crippen molar-refractivity contribution in [1.29, 1.82) is 0 Å². The second-order valence-corrected chi connectivity index (χ2v) is 7.27. The van der Waals surface area contributed by atoms with Crippen LogP contribution >= 0.6 is 0 Å². The molecule has 33 heavy (non-hydrogen) atoms. The first-order chi connectivity index (χ1) is 15.9. The van der Waals surface area contributed by atoms with Crippen LogP contribution in [0.2, 0.25) is 0 Å². The van der Waals surface area contributed by atoms with Gasteiger partial charge in [-0.05, 0) is 50.6 Å². The highest BCUT2D eigenvalue weighted by Gasteiger charge is 2.19. The predicted octanol–water partition coefficient (Wildman–Crippen LogP) is 3.68. The average Bonchev–Trinajstić information content (AvgIpc) is 3.16. The van der Waals surface area contributed by atoms with E-state index in [0.29, 0.717) is 30.2 Å². The van der Waals surface area contributed by atoms with Gasteiger partial charge in [-0.2, -0.15) is 5.10 Å². The van der Waals surface area contributed by atoms with Crippen molar-refractivity contribution in [2.24, 2.45) is 0 Å². The van der Waals surface area contributed by atoms with Gasteiger partial charge in [-0.3, -0.25) is 9.59 Å². The fourth-order valence-electron chi connectivity index (χ4n) is 3.19. The summed E-state index contributed by atoms with van der Waals surface area (Å²) in [6.07, 6.45) is 0.890. The lowest BCUT2D eigenvalue weighted by Crippen LogP contribution is -2.25. The van der Waals surface area contributed by atoms with Crippen LogP contribution < -0.4 is 16.4 Å². The lowest BCUT2D eigenvalue weighted by Gasteiger charge is -2.17. The topological polar surface area (TPSA) is 120 Å². The minimum absolute atomic E-state index is 0.201. The van der Waals surface area contributed by atoms with Gasteiger partial charge in [-0.1, -0.05) is 24.3 Å². The summed E-state index contributed by atoms with van der Waals surface area (Å²) >= 11 is 0. The Labute approximate surface area is 192 Å². The largest absolute Gasteiger partial charge is 0.383 e. The van der Waals surface area contributed by atoms with E-state index in [1.54, 1.807) is 30.3 Å². The summed E-state index contributed by atoms with van der Waals surface area (Å²) in [6, 6.07) is 14.3. The minimum Gasteiger partial charge on any atom is -0.383 e. The van der Waals surface area contributed by atoms with Gasteiger partial charge in [-0.15, -0.1) is 0 Å². The molecule has 2 amide bonds. The van der Waals surface area contributed by atoms with Crippen molar-refractivity contribution in [3.05, 3.63) is 71.4 Å². The molecule has 0 saturated carbocycles. The van der Waals surface area contributed by atoms with Crippen LogP contribution in [0.25, 0.3) is 0 Å². The number of benzene rings is 2. The third-order valence-electron chi connectivity index (χ3n) is 4.93. The van der Waals surface area contributed by atoms with Crippen LogP contribution in [0.15, 0.2) is 54.7 Å². The van der Waals surface area contributed by atoms with E-state index in [2.05, 4.69) is 15.7 Å². The van der Waals surface area contributed by atoms with Crippen LogP contribution in [0.4, 0.5) is 17.2 Å². The third kappa shape index (κ3) is 6.18. The van der Waals surface area contributed by atoms with E-state index in [-0.39, 0.29) is 23.8 Å². The number of nitrogen functional groups attached to an aromatic ring is 1. The predicted molar refractivity (Wildman–Crippen MR) is 127 cm³/mol. The zero-order chi connectivity index (χ0) is 23.8. The molecule has 1 heterocycles. The Balaban J connectivity index is 1.73. The van der Waals surface area contributed by atoms with Gasteiger partial charge in [0.15, 0.2) is 6.29 Å². The summed E-state index contributed by atoms with van der Waals surface area (Å²) < 4.78 is 12.5. The quantitative estimate of drug-likeness (QED) is 0.405. The zero-order valence-electron chi connectivity index (χ0n) is 19.0. The number of aryl methyl sites for hydroxylation is 1. The second-order valence-electron chi connectivity index (χ2n) is 7.27. The van der Waals surface area contributed by atoms with Crippen LogP contribution in [0, 0.1) is 6.92 Å². The third-order valence-corrected chi connectivity index (χ3v) is 4.93. The van der Waals surface area contributed by atoms with E-state index in [1.165, 1.54) is 10.9 Å². The van der Waals surface area contributed by atoms with Crippen molar-refractivity contribution >= 4 is 29.0 Å². The smallest absolute Gasteiger partial charge is 0.261 e. The Kier molecular flexibility index (Phi) is 8.17. The monoisotopic (exact) mass is 451 g/mol. The maximum absolute atomic E-state index is 12.9. The highest BCUT2D eigenvalue weighted by Crippen LogP contribution is 2.21. The molecule has 0 aliphatic heterocycles. The number of amides is 2. The Morgan fingerprint density at radius 2 is 1.73 bits per heavy atom. The molecule has 0 saturated heterocycles. The Morgan fingerprint density at radius 1 is 1.03 bits per heavy atom. The molecule has 1 aromatic heterocycles. The van der Waals surface area contributed by atoms with Gasteiger partial charge < -0.3 is 25.8 Å². The molecule has 174 valence electrons. The van der Waals surface area contributed by atoms with E-state index in [1.807, 2.05) is 39.0 Å². The molecule has 0 spiro atoms. The number of aromatic nitrogens is 2. The molecule has 0 fully saturated rings. The summed E-state index contributed by atoms with van der Waals surface area (Å²) in [5.74, 6) is -0.499. The van der Waals surface area contributed by atoms with E-state index in [4.69, 9.17) is 15.2 Å². The van der Waals surface area contributed by atoms with Crippen molar-refractivity contribution in [2.75, 3.05) is 29.6 Å². The van der Waals surface area contributed by atoms with Gasteiger partial charge >= 0.3 is 0 Å². The van der Waals surface area contributed by atoms with Gasteiger partial charge in [0, 0.05) is 30.2 Å². The fourth-order valence-corrected chi connectivity index (χ4v) is 3.19. The lowest BCUT2D eigenvalue weighted by atomic mass is 10.1. The van der Waals surface area contributed by atoms with E-state index in [0.717, 1.165) is 5.56 Å². The summed E-state index contributed by atoms with van der Waals surface area (Å²) in [4.78, 5) is 25.5. The summed E-state index contributed by atoms with van der Waals surface area (Å²) in [6.45, 7) is 6.80. The SMILES string of the molecule is CCOC(Cn1ncc(C(=O)Nc2cc(C(=O)Nc3ccccc3)ccc2C)c1N)OCC. The molecular weight excluding hydrogens is 422 g/mol. The van der Waals surface area contributed by atoms with Crippen LogP contribution in [0.5, 0.6) is 0 Å². The highest BCUT2D eigenvalue weighted by molar-refractivity contribution is 6.09. The van der Waals surface area contributed by atoms with E-state index < -0.39 is 12.2 Å². The number of carbonyl (C=O) groups is 2. The van der Waals surface area contributed by atoms with Gasteiger partial charge in [0.25, 0.3) is 11.8 Å². The highest BCUT2D eigenvalue weighted by atomic mass is 16.7. The number of nitrogens with zero attached hydrogens (tertiary/aromatic N) is 2.